The molecular weight excluding hydrogens is 360 g/mol. The molecule has 2 aliphatic rings. The monoisotopic (exact) mass is 394 g/mol. The van der Waals surface area contributed by atoms with E-state index in [1.807, 2.05) is 12.1 Å². The van der Waals surface area contributed by atoms with Crippen molar-refractivity contribution in [2.75, 3.05) is 11.9 Å². The summed E-state index contributed by atoms with van der Waals surface area (Å²) in [6.07, 6.45) is 9.21. The zero-order chi connectivity index (χ0) is 19.3. The minimum Gasteiger partial charge on any atom is -0.490 e. The molecule has 0 radical (unpaired) electrons. The Morgan fingerprint density at radius 1 is 1.07 bits per heavy atom. The van der Waals surface area contributed by atoms with E-state index < -0.39 is 10.0 Å². The van der Waals surface area contributed by atoms with E-state index in [9.17, 15) is 8.42 Å². The van der Waals surface area contributed by atoms with Gasteiger partial charge in [-0.3, -0.25) is 0 Å². The first kappa shape index (κ1) is 20.5. The van der Waals surface area contributed by atoms with Crippen LogP contribution in [0.2, 0.25) is 0 Å². The molecule has 0 unspecified atom stereocenters. The molecular formula is C21H34N2O3S. The standard InChI is InChI=1S/C21H34N2O3S/c1-16(2)27(24,25)23-18-12-10-17(11-13-18)15-22-19-6-5-9-21(14-19)26-20-7-3-4-8-20/h5-6,9,14,16-18,20,22-23H,3-4,7-8,10-13,15H2,1-2H3. The van der Waals surface area contributed by atoms with Crippen LogP contribution >= 0.6 is 0 Å². The maximum absolute atomic E-state index is 12.0. The zero-order valence-electron chi connectivity index (χ0n) is 16.6. The Bertz CT molecular complexity index is 691. The lowest BCUT2D eigenvalue weighted by atomic mass is 9.86. The molecule has 0 bridgehead atoms. The average Bonchev–Trinajstić information content (AvgIpc) is 3.14. The fraction of sp³-hybridized carbons (Fsp3) is 0.714. The van der Waals surface area contributed by atoms with E-state index in [1.165, 1.54) is 25.7 Å². The molecule has 2 aliphatic carbocycles. The molecule has 5 nitrogen and oxygen atoms in total. The molecule has 6 heteroatoms. The van der Waals surface area contributed by atoms with Gasteiger partial charge in [-0.1, -0.05) is 6.07 Å². The van der Waals surface area contributed by atoms with E-state index in [2.05, 4.69) is 22.2 Å². The highest BCUT2D eigenvalue weighted by Crippen LogP contribution is 2.28. The molecule has 0 heterocycles. The van der Waals surface area contributed by atoms with Crippen LogP contribution in [-0.4, -0.2) is 32.4 Å². The van der Waals surface area contributed by atoms with Gasteiger partial charge in [-0.05, 0) is 83.3 Å². The molecule has 0 aromatic heterocycles. The summed E-state index contributed by atoms with van der Waals surface area (Å²) in [6.45, 7) is 4.38. The Kier molecular flexibility index (Phi) is 7.04. The van der Waals surface area contributed by atoms with Crippen molar-refractivity contribution in [3.8, 4) is 5.75 Å². The lowest BCUT2D eigenvalue weighted by Crippen LogP contribution is -2.41. The summed E-state index contributed by atoms with van der Waals surface area (Å²) in [5.74, 6) is 1.54. The van der Waals surface area contributed by atoms with Crippen molar-refractivity contribution >= 4 is 15.7 Å². The third-order valence-electron chi connectivity index (χ3n) is 5.83. The molecule has 2 fully saturated rings. The topological polar surface area (TPSA) is 67.4 Å². The number of ether oxygens (including phenoxy) is 1. The fourth-order valence-electron chi connectivity index (χ4n) is 3.99. The molecule has 1 aromatic rings. The van der Waals surface area contributed by atoms with E-state index in [0.29, 0.717) is 12.0 Å². The number of nitrogens with one attached hydrogen (secondary N) is 2. The summed E-state index contributed by atoms with van der Waals surface area (Å²) in [4.78, 5) is 0. The van der Waals surface area contributed by atoms with Crippen molar-refractivity contribution in [2.24, 2.45) is 5.92 Å². The number of hydrogen-bond acceptors (Lipinski definition) is 4. The van der Waals surface area contributed by atoms with E-state index >= 15 is 0 Å². The van der Waals surface area contributed by atoms with Gasteiger partial charge in [0.05, 0.1) is 11.4 Å². The van der Waals surface area contributed by atoms with Crippen LogP contribution in [0.15, 0.2) is 24.3 Å². The summed E-state index contributed by atoms with van der Waals surface area (Å²) in [5.41, 5.74) is 1.10. The lowest BCUT2D eigenvalue weighted by molar-refractivity contribution is 0.210. The summed E-state index contributed by atoms with van der Waals surface area (Å²) >= 11 is 0. The van der Waals surface area contributed by atoms with Gasteiger partial charge in [-0.2, -0.15) is 0 Å². The van der Waals surface area contributed by atoms with Gasteiger partial charge in [0.25, 0.3) is 0 Å². The van der Waals surface area contributed by atoms with Crippen LogP contribution in [0.4, 0.5) is 5.69 Å². The van der Waals surface area contributed by atoms with E-state index in [1.54, 1.807) is 13.8 Å². The molecule has 0 saturated heterocycles. The minimum atomic E-state index is -3.16. The predicted octanol–water partition coefficient (Wildman–Crippen LogP) is 4.31. The van der Waals surface area contributed by atoms with Crippen molar-refractivity contribution in [1.29, 1.82) is 0 Å². The zero-order valence-corrected chi connectivity index (χ0v) is 17.4. The highest BCUT2D eigenvalue weighted by Gasteiger charge is 2.26. The van der Waals surface area contributed by atoms with Crippen LogP contribution in [0.5, 0.6) is 5.75 Å². The van der Waals surface area contributed by atoms with Crippen molar-refractivity contribution in [3.63, 3.8) is 0 Å². The van der Waals surface area contributed by atoms with Crippen molar-refractivity contribution in [3.05, 3.63) is 24.3 Å². The van der Waals surface area contributed by atoms with Crippen LogP contribution in [0.25, 0.3) is 0 Å². The minimum absolute atomic E-state index is 0.0942. The maximum atomic E-state index is 12.0. The Balaban J connectivity index is 1.42. The molecule has 0 atom stereocenters. The van der Waals surface area contributed by atoms with Gasteiger partial charge in [-0.15, -0.1) is 0 Å². The SMILES string of the molecule is CC(C)S(=O)(=O)NC1CCC(CNc2cccc(OC3CCCC3)c2)CC1. The summed E-state index contributed by atoms with van der Waals surface area (Å²) in [7, 11) is -3.16. The highest BCUT2D eigenvalue weighted by atomic mass is 32.2. The highest BCUT2D eigenvalue weighted by molar-refractivity contribution is 7.90. The molecule has 1 aromatic carbocycles. The van der Waals surface area contributed by atoms with Crippen LogP contribution in [0.1, 0.15) is 65.2 Å². The van der Waals surface area contributed by atoms with Crippen molar-refractivity contribution < 1.29 is 13.2 Å². The first-order valence-corrected chi connectivity index (χ1v) is 12.0. The molecule has 2 N–H and O–H groups in total. The number of rotatable bonds is 8. The number of anilines is 1. The van der Waals surface area contributed by atoms with Gasteiger partial charge in [0.15, 0.2) is 0 Å². The molecule has 152 valence electrons. The molecule has 0 amide bonds. The number of benzene rings is 1. The van der Waals surface area contributed by atoms with Gasteiger partial charge in [0.2, 0.25) is 10.0 Å². The van der Waals surface area contributed by atoms with E-state index in [-0.39, 0.29) is 11.3 Å². The van der Waals surface area contributed by atoms with Gasteiger partial charge < -0.3 is 10.1 Å². The van der Waals surface area contributed by atoms with Gasteiger partial charge in [0, 0.05) is 24.3 Å². The molecule has 0 aliphatic heterocycles. The first-order chi connectivity index (χ1) is 12.9. The second kappa shape index (κ2) is 9.28. The van der Waals surface area contributed by atoms with Crippen molar-refractivity contribution in [2.45, 2.75) is 82.6 Å². The van der Waals surface area contributed by atoms with Crippen LogP contribution in [-0.2, 0) is 10.0 Å². The first-order valence-electron chi connectivity index (χ1n) is 10.4. The summed E-state index contributed by atoms with van der Waals surface area (Å²) in [5, 5.41) is 3.18. The molecule has 2 saturated carbocycles. The molecule has 0 spiro atoms. The van der Waals surface area contributed by atoms with Crippen LogP contribution in [0.3, 0.4) is 0 Å². The lowest BCUT2D eigenvalue weighted by Gasteiger charge is -2.29. The molecule has 3 rings (SSSR count). The van der Waals surface area contributed by atoms with Crippen molar-refractivity contribution in [1.82, 2.24) is 4.72 Å². The third kappa shape index (κ3) is 6.11. The number of hydrogen-bond donors (Lipinski definition) is 2. The molecule has 27 heavy (non-hydrogen) atoms. The Morgan fingerprint density at radius 3 is 2.44 bits per heavy atom. The summed E-state index contributed by atoms with van der Waals surface area (Å²) < 4.78 is 33.0. The van der Waals surface area contributed by atoms with Gasteiger partial charge in [0.1, 0.15) is 5.75 Å². The van der Waals surface area contributed by atoms with Gasteiger partial charge in [-0.25, -0.2) is 13.1 Å². The maximum Gasteiger partial charge on any atom is 0.214 e. The second-order valence-electron chi connectivity index (χ2n) is 8.36. The third-order valence-corrected chi connectivity index (χ3v) is 7.74. The Morgan fingerprint density at radius 2 is 1.78 bits per heavy atom. The second-order valence-corrected chi connectivity index (χ2v) is 10.6. The summed E-state index contributed by atoms with van der Waals surface area (Å²) in [6, 6.07) is 8.36. The van der Waals surface area contributed by atoms with E-state index in [4.69, 9.17) is 4.74 Å². The van der Waals surface area contributed by atoms with Gasteiger partial charge >= 0.3 is 0 Å². The van der Waals surface area contributed by atoms with Crippen LogP contribution in [0, 0.1) is 5.92 Å². The number of sulfonamides is 1. The largest absolute Gasteiger partial charge is 0.490 e. The smallest absolute Gasteiger partial charge is 0.214 e. The Labute approximate surface area is 164 Å². The fourth-order valence-corrected chi connectivity index (χ4v) is 4.97. The average molecular weight is 395 g/mol. The Hall–Kier alpha value is -1.27. The predicted molar refractivity (Wildman–Crippen MR) is 111 cm³/mol. The normalized spacial score (nSPS) is 24.3. The van der Waals surface area contributed by atoms with Crippen LogP contribution < -0.4 is 14.8 Å². The van der Waals surface area contributed by atoms with E-state index in [0.717, 1.165) is 43.7 Å². The quantitative estimate of drug-likeness (QED) is 0.689.